The van der Waals surface area contributed by atoms with Gasteiger partial charge in [0.1, 0.15) is 5.75 Å². The van der Waals surface area contributed by atoms with Crippen LogP contribution in [0.1, 0.15) is 18.4 Å². The van der Waals surface area contributed by atoms with Crippen molar-refractivity contribution in [2.45, 2.75) is 19.4 Å². The minimum atomic E-state index is -4.94. The topological polar surface area (TPSA) is 207 Å². The summed E-state index contributed by atoms with van der Waals surface area (Å²) in [5, 5.41) is 0. The van der Waals surface area contributed by atoms with Crippen LogP contribution in [0.4, 0.5) is 0 Å². The first-order valence-corrected chi connectivity index (χ1v) is 13.7. The van der Waals surface area contributed by atoms with Gasteiger partial charge < -0.3 is 19.4 Å². The standard InChI is InChI=1S/C21H38N4O.2ClHO4.Cu/c1-22-11-7-12-24(3)17-18-25(14-8-13-23(2)16-15-22)19-20-9-5-6-10-21(20)26-4;2*2-1(3,4)5;/h5-6,9-10H,7-8,11-19H2,1-4H3;2*(H,2,3,4,5);/q;;;+2/p-2. The molecule has 13 nitrogen and oxygen atoms in total. The van der Waals surface area contributed by atoms with E-state index in [0.29, 0.717) is 0 Å². The minimum absolute atomic E-state index is 0. The number of rotatable bonds is 3. The summed E-state index contributed by atoms with van der Waals surface area (Å²) in [6, 6.07) is 8.41. The predicted molar refractivity (Wildman–Crippen MR) is 110 cm³/mol. The fourth-order valence-corrected chi connectivity index (χ4v) is 3.51. The van der Waals surface area contributed by atoms with Crippen LogP contribution in [0.2, 0.25) is 0 Å². The number of hydrogen-bond donors (Lipinski definition) is 0. The van der Waals surface area contributed by atoms with Gasteiger partial charge in [0.25, 0.3) is 0 Å². The summed E-state index contributed by atoms with van der Waals surface area (Å²) in [7, 11) is -1.38. The molecule has 0 spiro atoms. The van der Waals surface area contributed by atoms with Gasteiger partial charge in [0, 0.05) is 38.3 Å². The van der Waals surface area contributed by atoms with Gasteiger partial charge in [-0.25, -0.2) is 37.3 Å². The van der Waals surface area contributed by atoms with E-state index in [0.717, 1.165) is 51.6 Å². The van der Waals surface area contributed by atoms with Crippen molar-refractivity contribution in [3.63, 3.8) is 0 Å². The molecule has 1 heterocycles. The molecule has 1 aromatic rings. The molecule has 1 aliphatic rings. The maximum Gasteiger partial charge on any atom is 2.00 e. The van der Waals surface area contributed by atoms with Crippen LogP contribution in [0.15, 0.2) is 24.3 Å². The molecule has 0 N–H and O–H groups in total. The molecule has 1 saturated heterocycles. The Bertz CT molecular complexity index is 679. The molecule has 1 fully saturated rings. The number of halogens is 2. The summed E-state index contributed by atoms with van der Waals surface area (Å²) in [6.07, 6.45) is 2.45. The van der Waals surface area contributed by atoms with Crippen LogP contribution in [0, 0.1) is 20.5 Å². The van der Waals surface area contributed by atoms with Crippen LogP contribution >= 0.6 is 0 Å². The third-order valence-electron chi connectivity index (χ3n) is 5.34. The fraction of sp³-hybridized carbons (Fsp3) is 0.714. The van der Waals surface area contributed by atoms with Crippen LogP contribution in [-0.4, -0.2) is 100 Å². The first-order valence-electron chi connectivity index (χ1n) is 11.2. The smallest absolute Gasteiger partial charge is 0.496 e. The number of ether oxygens (including phenoxy) is 1. The van der Waals surface area contributed by atoms with Crippen LogP contribution in [0.5, 0.6) is 5.75 Å². The molecule has 221 valence electrons. The van der Waals surface area contributed by atoms with Gasteiger partial charge in [0.2, 0.25) is 0 Å². The first-order chi connectivity index (χ1) is 16.6. The van der Waals surface area contributed by atoms with Gasteiger partial charge in [-0.05, 0) is 66.2 Å². The van der Waals surface area contributed by atoms with Crippen molar-refractivity contribution in [1.29, 1.82) is 0 Å². The molecule has 1 radical (unpaired) electrons. The third-order valence-corrected chi connectivity index (χ3v) is 5.34. The fourth-order valence-electron chi connectivity index (χ4n) is 3.51. The van der Waals surface area contributed by atoms with Crippen molar-refractivity contribution >= 4 is 0 Å². The molecule has 0 atom stereocenters. The van der Waals surface area contributed by atoms with Gasteiger partial charge in [0.15, 0.2) is 0 Å². The van der Waals surface area contributed by atoms with Gasteiger partial charge in [-0.15, -0.1) is 20.5 Å². The first kappa shape index (κ1) is 38.8. The van der Waals surface area contributed by atoms with E-state index >= 15 is 0 Å². The van der Waals surface area contributed by atoms with E-state index in [1.54, 1.807) is 7.11 Å². The van der Waals surface area contributed by atoms with E-state index in [1.807, 2.05) is 6.07 Å². The zero-order valence-corrected chi connectivity index (χ0v) is 24.1. The Kier molecular flexibility index (Phi) is 21.5. The number of nitrogens with zero attached hydrogens (tertiary/aromatic N) is 4. The second kappa shape index (κ2) is 20.5. The van der Waals surface area contributed by atoms with Crippen molar-refractivity contribution in [3.8, 4) is 5.75 Å². The van der Waals surface area contributed by atoms with Crippen LogP contribution in [0.25, 0.3) is 0 Å². The Balaban J connectivity index is 0. The SMILES string of the molecule is COc1ccccc1CN1CCCN(C)CCN(C)CCCN(C)CC1.[Cu+2].[O-][Cl+3]([O-])([O-])[O-].[O-][Cl+3]([O-])([O-])[O-]. The van der Waals surface area contributed by atoms with E-state index in [9.17, 15) is 0 Å². The van der Waals surface area contributed by atoms with Crippen molar-refractivity contribution in [2.24, 2.45) is 0 Å². The van der Waals surface area contributed by atoms with Gasteiger partial charge in [-0.1, -0.05) is 18.2 Å². The molecule has 1 aromatic carbocycles. The van der Waals surface area contributed by atoms with E-state index in [4.69, 9.17) is 42.0 Å². The van der Waals surface area contributed by atoms with Crippen LogP contribution in [-0.2, 0) is 23.6 Å². The molecule has 0 aromatic heterocycles. The van der Waals surface area contributed by atoms with E-state index in [-0.39, 0.29) is 17.1 Å². The van der Waals surface area contributed by atoms with E-state index in [2.05, 4.69) is 58.9 Å². The Hall–Kier alpha value is -0.361. The molecule has 0 saturated carbocycles. The average molecular weight is 625 g/mol. The Morgan fingerprint density at radius 1 is 0.649 bits per heavy atom. The monoisotopic (exact) mass is 623 g/mol. The number of likely N-dealkylation sites (N-methyl/N-ethyl adjacent to an activating group) is 3. The zero-order valence-electron chi connectivity index (χ0n) is 21.6. The Morgan fingerprint density at radius 2 is 1.03 bits per heavy atom. The summed E-state index contributed by atoms with van der Waals surface area (Å²) in [4.78, 5) is 9.99. The normalized spacial score (nSPS) is 18.3. The second-order valence-electron chi connectivity index (χ2n) is 8.46. The van der Waals surface area contributed by atoms with Gasteiger partial charge in [-0.2, -0.15) is 0 Å². The summed E-state index contributed by atoms with van der Waals surface area (Å²) in [6.45, 7) is 10.1. The van der Waals surface area contributed by atoms with E-state index in [1.165, 1.54) is 31.5 Å². The molecule has 2 rings (SSSR count). The van der Waals surface area contributed by atoms with Gasteiger partial charge >= 0.3 is 17.1 Å². The number of para-hydroxylation sites is 1. The van der Waals surface area contributed by atoms with Crippen molar-refractivity contribution in [1.82, 2.24) is 19.6 Å². The van der Waals surface area contributed by atoms with Crippen molar-refractivity contribution in [3.05, 3.63) is 29.8 Å². The molecule has 0 bridgehead atoms. The summed E-state index contributed by atoms with van der Waals surface area (Å²) >= 11 is 0. The number of hydrogen-bond acceptors (Lipinski definition) is 13. The number of benzene rings is 1. The quantitative estimate of drug-likeness (QED) is 0.287. The molecular formula is C21H38Cl2CuN4O9. The predicted octanol–water partition coefficient (Wildman–Crippen LogP) is -7.43. The Morgan fingerprint density at radius 3 is 1.46 bits per heavy atom. The maximum atomic E-state index is 8.49. The van der Waals surface area contributed by atoms with Crippen LogP contribution in [0.3, 0.4) is 0 Å². The summed E-state index contributed by atoms with van der Waals surface area (Å²) in [5.41, 5.74) is 1.29. The molecule has 0 aliphatic carbocycles. The summed E-state index contributed by atoms with van der Waals surface area (Å²) < 4.78 is 73.5. The Labute approximate surface area is 234 Å². The minimum Gasteiger partial charge on any atom is -0.496 e. The summed E-state index contributed by atoms with van der Waals surface area (Å²) in [5.74, 6) is 1.00. The number of methoxy groups -OCH3 is 1. The zero-order chi connectivity index (χ0) is 27.8. The molecule has 0 unspecified atom stereocenters. The molecule has 16 heteroatoms. The maximum absolute atomic E-state index is 8.49. The molecular weight excluding hydrogens is 587 g/mol. The average Bonchev–Trinajstić information content (AvgIpc) is 2.73. The van der Waals surface area contributed by atoms with Crippen molar-refractivity contribution < 1.29 is 79.6 Å². The largest absolute Gasteiger partial charge is 2.00 e. The third kappa shape index (κ3) is 27.0. The van der Waals surface area contributed by atoms with Gasteiger partial charge in [-0.3, -0.25) is 4.90 Å². The van der Waals surface area contributed by atoms with Crippen LogP contribution < -0.4 is 42.0 Å². The van der Waals surface area contributed by atoms with Gasteiger partial charge in [0.05, 0.1) is 7.11 Å². The van der Waals surface area contributed by atoms with Crippen molar-refractivity contribution in [2.75, 3.05) is 80.6 Å². The molecule has 0 amide bonds. The van der Waals surface area contributed by atoms with E-state index < -0.39 is 20.5 Å². The second-order valence-corrected chi connectivity index (χ2v) is 9.97. The molecule has 37 heavy (non-hydrogen) atoms. The molecule has 1 aliphatic heterocycles.